The van der Waals surface area contributed by atoms with E-state index in [1.165, 1.54) is 38.5 Å². The minimum Gasteiger partial charge on any atom is -0.330 e. The monoisotopic (exact) mass is 873 g/mol. The van der Waals surface area contributed by atoms with Crippen molar-refractivity contribution in [2.75, 3.05) is 196 Å². The highest BCUT2D eigenvalue weighted by molar-refractivity contribution is 4.70. The van der Waals surface area contributed by atoms with Crippen LogP contribution in [-0.4, -0.2) is 231 Å². The molecule has 0 bridgehead atoms. The van der Waals surface area contributed by atoms with E-state index >= 15 is 0 Å². The van der Waals surface area contributed by atoms with Crippen molar-refractivity contribution in [2.45, 2.75) is 96.3 Å². The normalized spacial score (nSPS) is 12.4. The van der Waals surface area contributed by atoms with Crippen molar-refractivity contribution in [3.8, 4) is 0 Å². The molecular formula is C45H108N16. The molecule has 0 amide bonds. The zero-order chi connectivity index (χ0) is 44.9. The molecule has 0 spiro atoms. The van der Waals surface area contributed by atoms with Crippen LogP contribution in [0, 0.1) is 0 Å². The Morgan fingerprint density at radius 1 is 0.131 bits per heavy atom. The number of rotatable bonds is 51. The van der Waals surface area contributed by atoms with Gasteiger partial charge in [-0.1, -0.05) is 0 Å². The Morgan fingerprint density at radius 2 is 0.213 bits per heavy atom. The fourth-order valence-corrected chi connectivity index (χ4v) is 8.29. The second kappa shape index (κ2) is 47.3. The number of hydrogen-bond donors (Lipinski definition) is 9. The third-order valence-electron chi connectivity index (χ3n) is 11.8. The van der Waals surface area contributed by atoms with E-state index in [2.05, 4.69) is 34.3 Å². The summed E-state index contributed by atoms with van der Waals surface area (Å²) in [6, 6.07) is 0. The highest BCUT2D eigenvalue weighted by Gasteiger charge is 2.14. The van der Waals surface area contributed by atoms with Crippen molar-refractivity contribution in [1.29, 1.82) is 0 Å². The van der Waals surface area contributed by atoms with Gasteiger partial charge in [-0.05, 0) is 293 Å². The predicted molar refractivity (Wildman–Crippen MR) is 266 cm³/mol. The maximum absolute atomic E-state index is 6.02. The molecule has 0 saturated carbocycles. The van der Waals surface area contributed by atoms with Gasteiger partial charge in [-0.25, -0.2) is 0 Å². The van der Waals surface area contributed by atoms with Crippen LogP contribution in [0.15, 0.2) is 0 Å². The van der Waals surface area contributed by atoms with Gasteiger partial charge in [-0.3, -0.25) is 0 Å². The van der Waals surface area contributed by atoms with Crippen LogP contribution in [0.1, 0.15) is 96.3 Å². The number of nitrogens with zero attached hydrogens (tertiary/aromatic N) is 7. The summed E-state index contributed by atoms with van der Waals surface area (Å²) in [5.74, 6) is 0. The smallest absolute Gasteiger partial charge is 0.000653 e. The molecular weight excluding hydrogens is 765 g/mol. The number of nitrogens with two attached hydrogens (primary N) is 9. The second-order valence-electron chi connectivity index (χ2n) is 17.3. The summed E-state index contributed by atoms with van der Waals surface area (Å²) in [6.07, 6.45) is 16.4. The van der Waals surface area contributed by atoms with Gasteiger partial charge in [0.2, 0.25) is 0 Å². The molecule has 0 radical (unpaired) electrons. The fourth-order valence-electron chi connectivity index (χ4n) is 8.29. The molecule has 0 aliphatic heterocycles. The Morgan fingerprint density at radius 3 is 0.295 bits per heavy atom. The van der Waals surface area contributed by atoms with Crippen LogP contribution in [0.3, 0.4) is 0 Å². The molecule has 0 rings (SSSR count). The molecule has 16 nitrogen and oxygen atoms in total. The largest absolute Gasteiger partial charge is 0.330 e. The van der Waals surface area contributed by atoms with E-state index in [-0.39, 0.29) is 0 Å². The third-order valence-corrected chi connectivity index (χ3v) is 11.8. The SMILES string of the molecule is NCCCN(CCCN)CCCN(CCCN)CCCN(CCCN)CCCN(CCCN)CCCN(CCCN)CCCN(CCCN)CCCN(CCCN)CCCN. The Kier molecular flexibility index (Phi) is 46.8. The molecule has 368 valence electrons. The lowest BCUT2D eigenvalue weighted by molar-refractivity contribution is 0.187. The van der Waals surface area contributed by atoms with Crippen LogP contribution >= 0.6 is 0 Å². The van der Waals surface area contributed by atoms with Crippen LogP contribution in [0.2, 0.25) is 0 Å². The predicted octanol–water partition coefficient (Wildman–Crippen LogP) is -0.420. The maximum Gasteiger partial charge on any atom is -0.000653 e. The van der Waals surface area contributed by atoms with Gasteiger partial charge in [0.05, 0.1) is 0 Å². The van der Waals surface area contributed by atoms with Crippen LogP contribution in [0.5, 0.6) is 0 Å². The summed E-state index contributed by atoms with van der Waals surface area (Å²) in [5, 5.41) is 0. The zero-order valence-corrected chi connectivity index (χ0v) is 40.1. The molecule has 0 fully saturated rings. The lowest BCUT2D eigenvalue weighted by Crippen LogP contribution is -2.37. The van der Waals surface area contributed by atoms with Crippen molar-refractivity contribution >= 4 is 0 Å². The molecule has 0 atom stereocenters. The molecule has 0 aromatic rings. The van der Waals surface area contributed by atoms with Crippen molar-refractivity contribution in [3.05, 3.63) is 0 Å². The summed E-state index contributed by atoms with van der Waals surface area (Å²) in [4.78, 5) is 18.3. The highest BCUT2D eigenvalue weighted by atomic mass is 15.2. The summed E-state index contributed by atoms with van der Waals surface area (Å²) in [6.45, 7) is 29.6. The lowest BCUT2D eigenvalue weighted by atomic mass is 10.2. The van der Waals surface area contributed by atoms with Gasteiger partial charge in [-0.2, -0.15) is 0 Å². The first kappa shape index (κ1) is 60.4. The van der Waals surface area contributed by atoms with E-state index in [1.54, 1.807) is 0 Å². The van der Waals surface area contributed by atoms with E-state index in [1.807, 2.05) is 0 Å². The molecule has 0 aliphatic rings. The van der Waals surface area contributed by atoms with E-state index < -0.39 is 0 Å². The third kappa shape index (κ3) is 38.4. The lowest BCUT2D eigenvalue weighted by Gasteiger charge is -2.29. The van der Waals surface area contributed by atoms with Gasteiger partial charge >= 0.3 is 0 Å². The molecule has 61 heavy (non-hydrogen) atoms. The minimum atomic E-state index is 0.738. The van der Waals surface area contributed by atoms with Crippen molar-refractivity contribution in [1.82, 2.24) is 34.3 Å². The maximum atomic E-state index is 6.02. The summed E-state index contributed by atoms with van der Waals surface area (Å²) in [5.41, 5.74) is 53.1. The first-order valence-corrected chi connectivity index (χ1v) is 25.3. The van der Waals surface area contributed by atoms with E-state index in [4.69, 9.17) is 51.6 Å². The zero-order valence-electron chi connectivity index (χ0n) is 40.1. The van der Waals surface area contributed by atoms with Crippen molar-refractivity contribution < 1.29 is 0 Å². The van der Waals surface area contributed by atoms with Gasteiger partial charge in [-0.15, -0.1) is 0 Å². The van der Waals surface area contributed by atoms with Crippen LogP contribution in [0.25, 0.3) is 0 Å². The first-order chi connectivity index (χ1) is 29.9. The summed E-state index contributed by atoms with van der Waals surface area (Å²) < 4.78 is 0. The average Bonchev–Trinajstić information content (AvgIpc) is 3.27. The van der Waals surface area contributed by atoms with Gasteiger partial charge < -0.3 is 85.9 Å². The molecule has 0 saturated heterocycles. The van der Waals surface area contributed by atoms with Gasteiger partial charge in [0.15, 0.2) is 0 Å². The van der Waals surface area contributed by atoms with Gasteiger partial charge in [0, 0.05) is 0 Å². The van der Waals surface area contributed by atoms with E-state index in [9.17, 15) is 0 Å². The van der Waals surface area contributed by atoms with E-state index in [0.717, 1.165) is 254 Å². The quantitative estimate of drug-likeness (QED) is 0.0376. The molecule has 16 heteroatoms. The van der Waals surface area contributed by atoms with Crippen molar-refractivity contribution in [3.63, 3.8) is 0 Å². The van der Waals surface area contributed by atoms with Gasteiger partial charge in [0.1, 0.15) is 0 Å². The topological polar surface area (TPSA) is 257 Å². The van der Waals surface area contributed by atoms with Gasteiger partial charge in [0.25, 0.3) is 0 Å². The molecule has 0 aliphatic carbocycles. The standard InChI is InChI=1S/C45H108N16/c46-16-1-25-55(26-2-17-47)34-10-36-57(29-5-20-50)38-12-40-59(31-7-22-52)42-14-44-61(33-9-24-54)45-15-43-60(32-8-23-53)41-13-39-58(30-6-21-51)37-11-35-56(27-3-18-48)28-4-19-49/h1-54H2. The summed E-state index contributed by atoms with van der Waals surface area (Å²) in [7, 11) is 0. The second-order valence-corrected chi connectivity index (χ2v) is 17.3. The van der Waals surface area contributed by atoms with Crippen LogP contribution in [0.4, 0.5) is 0 Å². The van der Waals surface area contributed by atoms with Crippen LogP contribution < -0.4 is 51.6 Å². The molecule has 0 aromatic heterocycles. The Balaban J connectivity index is 5.07. The molecule has 18 N–H and O–H groups in total. The Hall–Kier alpha value is -0.640. The average molecular weight is 873 g/mol. The Bertz CT molecular complexity index is 771. The fraction of sp³-hybridized carbons (Fsp3) is 1.00. The van der Waals surface area contributed by atoms with Crippen LogP contribution in [-0.2, 0) is 0 Å². The van der Waals surface area contributed by atoms with E-state index in [0.29, 0.717) is 0 Å². The first-order valence-electron chi connectivity index (χ1n) is 25.3. The number of hydrogen-bond acceptors (Lipinski definition) is 16. The molecule has 0 unspecified atom stereocenters. The summed E-state index contributed by atoms with van der Waals surface area (Å²) >= 11 is 0. The van der Waals surface area contributed by atoms with Crippen molar-refractivity contribution in [2.24, 2.45) is 51.6 Å². The minimum absolute atomic E-state index is 0.738. The molecule has 0 heterocycles. The Labute approximate surface area is 377 Å². The molecule has 0 aromatic carbocycles. The highest BCUT2D eigenvalue weighted by Crippen LogP contribution is 2.07.